The third kappa shape index (κ3) is 4.67. The van der Waals surface area contributed by atoms with Crippen molar-refractivity contribution >= 4 is 16.3 Å². The number of hydrogen-bond acceptors (Lipinski definition) is 0. The molecule has 131 valence electrons. The van der Waals surface area contributed by atoms with E-state index in [1.165, 1.54) is 12.8 Å². The van der Waals surface area contributed by atoms with Crippen LogP contribution in [0.1, 0.15) is 12.8 Å². The number of benzene rings is 2. The molecule has 0 fully saturated rings. The number of halogens is 2. The maximum absolute atomic E-state index is 2.44. The summed E-state index contributed by atoms with van der Waals surface area (Å²) in [7, 11) is 0. The van der Waals surface area contributed by atoms with Crippen LogP contribution >= 0.6 is 0 Å². The fourth-order valence-corrected chi connectivity index (χ4v) is 26.5. The molecule has 4 heteroatoms. The fourth-order valence-electron chi connectivity index (χ4n) is 3.69. The Morgan fingerprint density at radius 2 is 1.04 bits per heavy atom. The van der Waals surface area contributed by atoms with Crippen LogP contribution in [0.15, 0.2) is 104 Å². The molecule has 4 rings (SSSR count). The maximum atomic E-state index is 2.44. The average molecular weight is 476 g/mol. The fraction of sp³-hybridized carbons (Fsp3) is 0.0909. The Labute approximate surface area is 177 Å². The van der Waals surface area contributed by atoms with Crippen molar-refractivity contribution in [3.05, 3.63) is 104 Å². The van der Waals surface area contributed by atoms with E-state index in [4.69, 9.17) is 0 Å². The summed E-state index contributed by atoms with van der Waals surface area (Å²) in [6.45, 7) is 0. The van der Waals surface area contributed by atoms with E-state index in [-0.39, 0.29) is 24.8 Å². The standard InChI is InChI=1S/C12H11Si.2C5H5.2ClH.Zr/c1-3-7-11(8-4-1)13-12-9-5-2-6-10-12;2*1-2-4-5-3-1;;;/h1-10,13H;2*1-3H,4H2;2*1H;/q;;;;;+2/p-2. The van der Waals surface area contributed by atoms with Gasteiger partial charge >= 0.3 is 154 Å². The van der Waals surface area contributed by atoms with Crippen molar-refractivity contribution in [3.8, 4) is 0 Å². The normalized spacial score (nSPS) is 14.5. The van der Waals surface area contributed by atoms with E-state index in [1.54, 1.807) is 16.9 Å². The molecule has 0 bridgehead atoms. The first-order valence-electron chi connectivity index (χ1n) is 8.62. The van der Waals surface area contributed by atoms with E-state index < -0.39 is 26.8 Å². The van der Waals surface area contributed by atoms with Gasteiger partial charge in [0.25, 0.3) is 0 Å². The first kappa shape index (κ1) is 21.4. The molecular weight excluding hydrogens is 454 g/mol. The van der Waals surface area contributed by atoms with Crippen LogP contribution in [0.25, 0.3) is 0 Å². The Morgan fingerprint density at radius 3 is 1.38 bits per heavy atom. The Hall–Kier alpha value is -0.920. The summed E-state index contributed by atoms with van der Waals surface area (Å²) in [4.78, 5) is 0. The molecule has 0 aliphatic heterocycles. The Bertz CT molecular complexity index is 756. The van der Waals surface area contributed by atoms with Gasteiger partial charge in [-0.25, -0.2) is 0 Å². The van der Waals surface area contributed by atoms with Gasteiger partial charge in [-0.2, -0.15) is 0 Å². The van der Waals surface area contributed by atoms with Crippen LogP contribution in [0.5, 0.6) is 0 Å². The molecule has 0 nitrogen and oxygen atoms in total. The Balaban J connectivity index is 0.00000121. The molecule has 0 aromatic heterocycles. The van der Waals surface area contributed by atoms with Gasteiger partial charge in [0.15, 0.2) is 0 Å². The van der Waals surface area contributed by atoms with E-state index in [1.807, 2.05) is 0 Å². The number of hydrogen-bond donors (Lipinski definition) is 0. The summed E-state index contributed by atoms with van der Waals surface area (Å²) in [5.74, 6) is -1.19. The molecular formula is C22H21Cl2SiZr. The quantitative estimate of drug-likeness (QED) is 0.433. The smallest absolute Gasteiger partial charge is 1.00 e. The molecule has 0 unspecified atom stereocenters. The summed E-state index contributed by atoms with van der Waals surface area (Å²) < 4.78 is 3.58. The van der Waals surface area contributed by atoms with Crippen molar-refractivity contribution in [3.63, 3.8) is 0 Å². The molecule has 26 heavy (non-hydrogen) atoms. The largest absolute Gasteiger partial charge is 1.00 e. The van der Waals surface area contributed by atoms with Crippen LogP contribution in [-0.4, -0.2) is 5.92 Å². The molecule has 0 saturated carbocycles. The van der Waals surface area contributed by atoms with E-state index >= 15 is 0 Å². The van der Waals surface area contributed by atoms with Crippen molar-refractivity contribution in [1.82, 2.24) is 0 Å². The van der Waals surface area contributed by atoms with Gasteiger partial charge in [-0.1, -0.05) is 0 Å². The minimum absolute atomic E-state index is 0. The molecule has 0 spiro atoms. The van der Waals surface area contributed by atoms with E-state index in [0.717, 1.165) is 0 Å². The Morgan fingerprint density at radius 1 is 0.615 bits per heavy atom. The molecule has 0 saturated heterocycles. The SMILES string of the molecule is C1=CC[C]([Zr+2]([C]2=CC=CC2)[SiH](c2ccccc2)c2ccccc2)=C1.[Cl-].[Cl-]. The first-order valence-corrected chi connectivity index (χ1v) is 17.1. The first-order chi connectivity index (χ1) is 11.9. The van der Waals surface area contributed by atoms with Crippen molar-refractivity contribution < 1.29 is 45.7 Å². The van der Waals surface area contributed by atoms with Gasteiger partial charge in [-0.3, -0.25) is 0 Å². The zero-order valence-corrected chi connectivity index (χ0v) is 19.6. The molecule has 0 heterocycles. The monoisotopic (exact) mass is 473 g/mol. The van der Waals surface area contributed by atoms with Crippen LogP contribution < -0.4 is 35.2 Å². The zero-order valence-electron chi connectivity index (χ0n) is 14.5. The van der Waals surface area contributed by atoms with Gasteiger partial charge in [0.2, 0.25) is 0 Å². The van der Waals surface area contributed by atoms with Crippen LogP contribution in [0.4, 0.5) is 0 Å². The van der Waals surface area contributed by atoms with Gasteiger partial charge < -0.3 is 24.8 Å². The molecule has 0 radical (unpaired) electrons. The summed E-state index contributed by atoms with van der Waals surface area (Å²) in [5.41, 5.74) is 0. The number of allylic oxidation sites excluding steroid dienone is 8. The Kier molecular flexibility index (Phi) is 8.57. The third-order valence-electron chi connectivity index (χ3n) is 4.79. The second kappa shape index (κ2) is 10.4. The summed E-state index contributed by atoms with van der Waals surface area (Å²) in [6.07, 6.45) is 16.5. The van der Waals surface area contributed by atoms with Crippen LogP contribution in [0.2, 0.25) is 0 Å². The van der Waals surface area contributed by atoms with Gasteiger partial charge in [0.1, 0.15) is 0 Å². The second-order valence-electron chi connectivity index (χ2n) is 6.32. The minimum Gasteiger partial charge on any atom is -1.00 e. The van der Waals surface area contributed by atoms with Gasteiger partial charge in [0.05, 0.1) is 0 Å². The van der Waals surface area contributed by atoms with Crippen LogP contribution in [-0.2, 0) is 20.9 Å². The number of rotatable bonds is 5. The van der Waals surface area contributed by atoms with Crippen LogP contribution in [0.3, 0.4) is 0 Å². The van der Waals surface area contributed by atoms with Gasteiger partial charge in [-0.15, -0.1) is 0 Å². The van der Waals surface area contributed by atoms with E-state index in [0.29, 0.717) is 0 Å². The van der Waals surface area contributed by atoms with Crippen LogP contribution in [0, 0.1) is 0 Å². The minimum atomic E-state index is -1.89. The molecule has 2 aliphatic carbocycles. The molecule has 0 atom stereocenters. The molecule has 2 aliphatic rings. The van der Waals surface area contributed by atoms with Gasteiger partial charge in [0, 0.05) is 0 Å². The molecule has 2 aromatic carbocycles. The topological polar surface area (TPSA) is 0 Å². The summed E-state index contributed by atoms with van der Waals surface area (Å²) in [5, 5.41) is 3.25. The zero-order chi connectivity index (χ0) is 16.2. The van der Waals surface area contributed by atoms with Crippen molar-refractivity contribution in [2.45, 2.75) is 12.8 Å². The summed E-state index contributed by atoms with van der Waals surface area (Å²) >= 11 is -1.89. The predicted molar refractivity (Wildman–Crippen MR) is 103 cm³/mol. The van der Waals surface area contributed by atoms with E-state index in [9.17, 15) is 0 Å². The predicted octanol–water partition coefficient (Wildman–Crippen LogP) is -2.16. The van der Waals surface area contributed by atoms with Crippen molar-refractivity contribution in [2.75, 3.05) is 0 Å². The molecule has 0 amide bonds. The van der Waals surface area contributed by atoms with Crippen molar-refractivity contribution in [1.29, 1.82) is 0 Å². The van der Waals surface area contributed by atoms with Crippen molar-refractivity contribution in [2.24, 2.45) is 0 Å². The maximum Gasteiger partial charge on any atom is -1.00 e. The second-order valence-corrected chi connectivity index (χ2v) is 21.4. The third-order valence-corrected chi connectivity index (χ3v) is 26.3. The van der Waals surface area contributed by atoms with E-state index in [2.05, 4.69) is 97.1 Å². The summed E-state index contributed by atoms with van der Waals surface area (Å²) in [6, 6.07) is 22.7. The molecule has 2 aromatic rings. The average Bonchev–Trinajstić information content (AvgIpc) is 3.35. The van der Waals surface area contributed by atoms with Gasteiger partial charge in [-0.05, 0) is 0 Å². The molecule has 0 N–H and O–H groups in total.